The molecule has 3 aromatic rings. The molecule has 5 rings (SSSR count). The predicted molar refractivity (Wildman–Crippen MR) is 178 cm³/mol. The predicted octanol–water partition coefficient (Wildman–Crippen LogP) is 6.49. The fourth-order valence-corrected chi connectivity index (χ4v) is 6.91. The van der Waals surface area contributed by atoms with Crippen LogP contribution in [0.25, 0.3) is 33.2 Å². The van der Waals surface area contributed by atoms with Crippen molar-refractivity contribution >= 4 is 39.1 Å². The molecule has 0 unspecified atom stereocenters. The van der Waals surface area contributed by atoms with Gasteiger partial charge in [0, 0.05) is 78.5 Å². The first-order valence-electron chi connectivity index (χ1n) is 15.8. The molecule has 0 aliphatic carbocycles. The van der Waals surface area contributed by atoms with Crippen molar-refractivity contribution in [3.8, 4) is 0 Å². The molecule has 8 bridgehead atoms. The Kier molecular flexibility index (Phi) is 9.14. The number of H-pyrrole nitrogens is 2. The second-order valence-electron chi connectivity index (χ2n) is 12.9. The molecule has 5 heterocycles. The SMILES string of the molecule is CC[C@H]1c2cc3[nH]c(cc4nc(cc5[nH]c(cc(n2)[C@@]1(C)CC(=O)N(C)C)cc5C)C(C)=C4CCCO)c(CCCO)c3C. The first-order valence-corrected chi connectivity index (χ1v) is 15.8. The number of carbonyl (C=O) groups is 1. The lowest BCUT2D eigenvalue weighted by molar-refractivity contribution is -0.130. The zero-order valence-electron chi connectivity index (χ0n) is 27.3. The molecule has 0 saturated heterocycles. The van der Waals surface area contributed by atoms with E-state index in [1.54, 1.807) is 4.90 Å². The Labute approximate surface area is 260 Å². The lowest BCUT2D eigenvalue weighted by atomic mass is 9.71. The van der Waals surface area contributed by atoms with E-state index in [1.807, 2.05) is 14.1 Å². The number of hydrogen-bond donors (Lipinski definition) is 4. The van der Waals surface area contributed by atoms with E-state index in [-0.39, 0.29) is 25.0 Å². The van der Waals surface area contributed by atoms with Crippen LogP contribution in [0.4, 0.5) is 0 Å². The first kappa shape index (κ1) is 31.7. The molecule has 0 spiro atoms. The molecule has 0 radical (unpaired) electrons. The summed E-state index contributed by atoms with van der Waals surface area (Å²) in [6, 6.07) is 10.6. The molecule has 8 heteroatoms. The number of carbonyl (C=O) groups excluding carboxylic acids is 1. The van der Waals surface area contributed by atoms with Crippen molar-refractivity contribution in [3.63, 3.8) is 0 Å². The van der Waals surface area contributed by atoms with Gasteiger partial charge in [-0.05, 0) is 111 Å². The van der Waals surface area contributed by atoms with Crippen molar-refractivity contribution in [2.45, 2.75) is 84.5 Å². The van der Waals surface area contributed by atoms with E-state index >= 15 is 0 Å². The van der Waals surface area contributed by atoms with Crippen molar-refractivity contribution in [2.75, 3.05) is 27.3 Å². The van der Waals surface area contributed by atoms with Crippen LogP contribution in [0.5, 0.6) is 0 Å². The standard InChI is InChI=1S/C36H47N5O3/c1-8-27-33-18-30-23(4)26(12-10-14-43)32(39-30)19-31-25(11-9-13-42)22(3)29(38-31)17-28-21(2)15-24(37-28)16-34(40-33)36(27,5)20-35(44)41(6)7/h15-19,27,37,39,42-43H,8-14,20H2,1-7H3/t27-,36-/m0/s1. The maximum atomic E-state index is 13.2. The van der Waals surface area contributed by atoms with Crippen LogP contribution in [-0.2, 0) is 16.6 Å². The zero-order chi connectivity index (χ0) is 31.8. The molecule has 234 valence electrons. The van der Waals surface area contributed by atoms with E-state index < -0.39 is 5.41 Å². The lowest BCUT2D eigenvalue weighted by Crippen LogP contribution is -2.34. The minimum absolute atomic E-state index is 0.0538. The molecule has 2 atom stereocenters. The molecule has 8 nitrogen and oxygen atoms in total. The van der Waals surface area contributed by atoms with E-state index in [2.05, 4.69) is 74.9 Å². The summed E-state index contributed by atoms with van der Waals surface area (Å²) < 4.78 is 0. The van der Waals surface area contributed by atoms with Crippen molar-refractivity contribution in [1.29, 1.82) is 0 Å². The van der Waals surface area contributed by atoms with Gasteiger partial charge in [0.05, 0.1) is 11.4 Å². The summed E-state index contributed by atoms with van der Waals surface area (Å²) in [6.45, 7) is 10.9. The van der Waals surface area contributed by atoms with Crippen molar-refractivity contribution in [2.24, 2.45) is 0 Å². The molecular weight excluding hydrogens is 550 g/mol. The van der Waals surface area contributed by atoms with Gasteiger partial charge in [-0.15, -0.1) is 0 Å². The number of nitrogens with one attached hydrogen (secondary N) is 2. The van der Waals surface area contributed by atoms with Gasteiger partial charge in [0.2, 0.25) is 5.91 Å². The highest BCUT2D eigenvalue weighted by molar-refractivity contribution is 5.93. The number of aliphatic hydroxyl groups is 2. The van der Waals surface area contributed by atoms with Crippen LogP contribution in [0.3, 0.4) is 0 Å². The molecular formula is C36H47N5O3. The van der Waals surface area contributed by atoms with Gasteiger partial charge in [-0.1, -0.05) is 13.8 Å². The monoisotopic (exact) mass is 597 g/mol. The third-order valence-electron chi connectivity index (χ3n) is 9.62. The molecule has 4 N–H and O–H groups in total. The Morgan fingerprint density at radius 3 is 2.30 bits per heavy atom. The Bertz CT molecular complexity index is 1760. The lowest BCUT2D eigenvalue weighted by Gasteiger charge is -2.31. The third-order valence-corrected chi connectivity index (χ3v) is 9.62. The number of aromatic amines is 2. The van der Waals surface area contributed by atoms with Crippen molar-refractivity contribution in [3.05, 3.63) is 69.8 Å². The van der Waals surface area contributed by atoms with Crippen LogP contribution in [0.2, 0.25) is 0 Å². The molecule has 0 saturated carbocycles. The van der Waals surface area contributed by atoms with Gasteiger partial charge in [0.1, 0.15) is 0 Å². The highest BCUT2D eigenvalue weighted by Crippen LogP contribution is 2.47. The summed E-state index contributed by atoms with van der Waals surface area (Å²) in [5.74, 6) is 0.137. The second kappa shape index (κ2) is 12.7. The number of rotatable bonds is 9. The van der Waals surface area contributed by atoms with E-state index in [0.717, 1.165) is 91.9 Å². The largest absolute Gasteiger partial charge is 0.396 e. The Morgan fingerprint density at radius 1 is 0.909 bits per heavy atom. The molecule has 2 aliphatic rings. The van der Waals surface area contributed by atoms with Gasteiger partial charge in [-0.25, -0.2) is 4.98 Å². The van der Waals surface area contributed by atoms with E-state index in [4.69, 9.17) is 9.97 Å². The van der Waals surface area contributed by atoms with Crippen molar-refractivity contribution in [1.82, 2.24) is 24.8 Å². The molecule has 3 aromatic heterocycles. The maximum Gasteiger partial charge on any atom is 0.223 e. The molecule has 1 amide bonds. The van der Waals surface area contributed by atoms with Gasteiger partial charge in [-0.3, -0.25) is 9.78 Å². The van der Waals surface area contributed by atoms with Crippen LogP contribution in [0.15, 0.2) is 30.3 Å². The summed E-state index contributed by atoms with van der Waals surface area (Å²) in [6.07, 6.45) is 4.00. The average Bonchev–Trinajstić information content (AvgIpc) is 3.64. The summed E-state index contributed by atoms with van der Waals surface area (Å²) >= 11 is 0. The highest BCUT2D eigenvalue weighted by atomic mass is 16.3. The Balaban J connectivity index is 1.89. The van der Waals surface area contributed by atoms with Crippen LogP contribution >= 0.6 is 0 Å². The summed E-state index contributed by atoms with van der Waals surface area (Å²) in [5.41, 5.74) is 12.7. The Morgan fingerprint density at radius 2 is 1.61 bits per heavy atom. The molecule has 44 heavy (non-hydrogen) atoms. The van der Waals surface area contributed by atoms with Gasteiger partial charge < -0.3 is 25.1 Å². The normalized spacial score (nSPS) is 18.2. The van der Waals surface area contributed by atoms with Crippen LogP contribution < -0.4 is 0 Å². The molecule has 2 aliphatic heterocycles. The van der Waals surface area contributed by atoms with E-state index in [1.165, 1.54) is 0 Å². The minimum Gasteiger partial charge on any atom is -0.396 e. The number of amides is 1. The molecule has 0 aromatic carbocycles. The summed E-state index contributed by atoms with van der Waals surface area (Å²) in [4.78, 5) is 32.5. The van der Waals surface area contributed by atoms with Crippen molar-refractivity contribution < 1.29 is 15.0 Å². The fraction of sp³-hybridized carbons (Fsp3) is 0.472. The quantitative estimate of drug-likeness (QED) is 0.225. The van der Waals surface area contributed by atoms with Gasteiger partial charge in [0.25, 0.3) is 0 Å². The van der Waals surface area contributed by atoms with Crippen LogP contribution in [0, 0.1) is 13.8 Å². The average molecular weight is 598 g/mol. The number of aromatic nitrogens is 4. The number of hydrogen-bond acceptors (Lipinski definition) is 5. The van der Waals surface area contributed by atoms with Crippen LogP contribution in [-0.4, -0.2) is 68.3 Å². The van der Waals surface area contributed by atoms with Crippen LogP contribution in [0.1, 0.15) is 98.3 Å². The number of aliphatic hydroxyl groups excluding tert-OH is 2. The number of aryl methyl sites for hydroxylation is 3. The molecule has 0 fully saturated rings. The van der Waals surface area contributed by atoms with E-state index in [9.17, 15) is 15.0 Å². The smallest absolute Gasteiger partial charge is 0.223 e. The minimum atomic E-state index is -0.478. The topological polar surface area (TPSA) is 118 Å². The zero-order valence-corrected chi connectivity index (χ0v) is 27.3. The van der Waals surface area contributed by atoms with Gasteiger partial charge >= 0.3 is 0 Å². The third kappa shape index (κ3) is 5.85. The van der Waals surface area contributed by atoms with Gasteiger partial charge in [-0.2, -0.15) is 0 Å². The first-order chi connectivity index (χ1) is 21.0. The fourth-order valence-electron chi connectivity index (χ4n) is 6.91. The number of nitrogens with zero attached hydrogens (tertiary/aromatic N) is 3. The second-order valence-corrected chi connectivity index (χ2v) is 12.9. The number of fused-ring (bicyclic) bond motifs is 8. The Hall–Kier alpha value is -3.75. The highest BCUT2D eigenvalue weighted by Gasteiger charge is 2.44. The number of allylic oxidation sites excluding steroid dienone is 2. The van der Waals surface area contributed by atoms with E-state index in [0.29, 0.717) is 19.3 Å². The van der Waals surface area contributed by atoms with Gasteiger partial charge in [0.15, 0.2) is 0 Å². The summed E-state index contributed by atoms with van der Waals surface area (Å²) in [5, 5.41) is 19.4. The summed E-state index contributed by atoms with van der Waals surface area (Å²) in [7, 11) is 3.62. The maximum absolute atomic E-state index is 13.2.